The van der Waals surface area contributed by atoms with Crippen LogP contribution in [-0.2, 0) is 13.6 Å². The highest BCUT2D eigenvalue weighted by Crippen LogP contribution is 2.47. The molecule has 0 saturated heterocycles. The average Bonchev–Trinajstić information content (AvgIpc) is 2.51. The summed E-state index contributed by atoms with van der Waals surface area (Å²) in [7, 11) is 0.0383. The van der Waals surface area contributed by atoms with Crippen LogP contribution in [0.25, 0.3) is 0 Å². The van der Waals surface area contributed by atoms with Crippen molar-refractivity contribution in [3.05, 3.63) is 0 Å². The molecule has 0 aromatic rings. The first-order chi connectivity index (χ1) is 10.1. The lowest BCUT2D eigenvalue weighted by molar-refractivity contribution is 0.275. The molecule has 0 bridgehead atoms. The molecule has 0 spiro atoms. The van der Waals surface area contributed by atoms with Crippen LogP contribution in [0.1, 0.15) is 77.6 Å². The molecule has 0 heterocycles. The summed E-state index contributed by atoms with van der Waals surface area (Å²) in [6.07, 6.45) is 14.4. The number of unbranched alkanes of at least 4 members (excludes halogenated alkanes) is 8. The fraction of sp³-hybridized carbons (Fsp3) is 1.00. The monoisotopic (exact) mass is 338 g/mol. The topological polar surface area (TPSA) is 35.5 Å². The van der Waals surface area contributed by atoms with Gasteiger partial charge >= 0.3 is 7.60 Å². The Morgan fingerprint density at radius 1 is 0.857 bits per heavy atom. The van der Waals surface area contributed by atoms with Crippen LogP contribution in [0.5, 0.6) is 0 Å². The largest absolute Gasteiger partial charge is 0.330 e. The molecule has 128 valence electrons. The van der Waals surface area contributed by atoms with Gasteiger partial charge in [0.15, 0.2) is 0 Å². The highest BCUT2D eigenvalue weighted by atomic mass is 32.1. The summed E-state index contributed by atoms with van der Waals surface area (Å²) < 4.78 is 21.8. The number of thiol groups is 1. The summed E-state index contributed by atoms with van der Waals surface area (Å²) in [4.78, 5) is 0. The molecule has 1 unspecified atom stereocenters. The molecule has 0 rings (SSSR count). The van der Waals surface area contributed by atoms with Crippen molar-refractivity contribution in [1.82, 2.24) is 0 Å². The molecule has 0 amide bonds. The van der Waals surface area contributed by atoms with E-state index in [4.69, 9.17) is 9.05 Å². The second kappa shape index (κ2) is 14.1. The van der Waals surface area contributed by atoms with Crippen molar-refractivity contribution in [3.8, 4) is 0 Å². The summed E-state index contributed by atoms with van der Waals surface area (Å²) >= 11 is 4.57. The third-order valence-corrected chi connectivity index (χ3v) is 6.37. The first kappa shape index (κ1) is 21.5. The van der Waals surface area contributed by atoms with Crippen molar-refractivity contribution in [1.29, 1.82) is 0 Å². The number of hydrogen-bond donors (Lipinski definition) is 1. The molecule has 0 aliphatic rings. The zero-order valence-corrected chi connectivity index (χ0v) is 16.0. The van der Waals surface area contributed by atoms with E-state index in [1.54, 1.807) is 0 Å². The van der Waals surface area contributed by atoms with Crippen molar-refractivity contribution < 1.29 is 13.6 Å². The lowest BCUT2D eigenvalue weighted by Gasteiger charge is -2.16. The van der Waals surface area contributed by atoms with Crippen LogP contribution >= 0.6 is 20.2 Å². The molecule has 0 aliphatic heterocycles. The van der Waals surface area contributed by atoms with E-state index >= 15 is 0 Å². The molecule has 5 heteroatoms. The van der Waals surface area contributed by atoms with E-state index < -0.39 is 7.60 Å². The zero-order chi connectivity index (χ0) is 16.0. The van der Waals surface area contributed by atoms with Gasteiger partial charge in [0.2, 0.25) is 0 Å². The van der Waals surface area contributed by atoms with Crippen molar-refractivity contribution >= 4 is 20.2 Å². The van der Waals surface area contributed by atoms with Crippen molar-refractivity contribution in [2.75, 3.05) is 20.4 Å². The SMILES string of the molecule is CCCCCCCCCCCC(S)CCP(=O)(OC)OC. The van der Waals surface area contributed by atoms with Crippen LogP contribution in [-0.4, -0.2) is 25.6 Å². The maximum Gasteiger partial charge on any atom is 0.330 e. The lowest BCUT2D eigenvalue weighted by Crippen LogP contribution is -2.04. The van der Waals surface area contributed by atoms with E-state index in [0.29, 0.717) is 11.4 Å². The Labute approximate surface area is 137 Å². The van der Waals surface area contributed by atoms with Gasteiger partial charge < -0.3 is 9.05 Å². The minimum Gasteiger partial charge on any atom is -0.312 e. The fourth-order valence-electron chi connectivity index (χ4n) is 2.40. The van der Waals surface area contributed by atoms with E-state index in [1.807, 2.05) is 0 Å². The Hall–Kier alpha value is 0.500. The van der Waals surface area contributed by atoms with Crippen molar-refractivity contribution in [2.45, 2.75) is 82.8 Å². The first-order valence-corrected chi connectivity index (χ1v) is 10.7. The normalized spacial score (nSPS) is 13.5. The van der Waals surface area contributed by atoms with Crippen LogP contribution in [0.4, 0.5) is 0 Å². The van der Waals surface area contributed by atoms with Gasteiger partial charge in [-0.05, 0) is 12.8 Å². The van der Waals surface area contributed by atoms with Crippen molar-refractivity contribution in [2.24, 2.45) is 0 Å². The highest BCUT2D eigenvalue weighted by molar-refractivity contribution is 7.81. The molecule has 3 nitrogen and oxygen atoms in total. The zero-order valence-electron chi connectivity index (χ0n) is 14.2. The predicted molar refractivity (Wildman–Crippen MR) is 95.7 cm³/mol. The molecule has 1 atom stereocenters. The Kier molecular flexibility index (Phi) is 14.5. The van der Waals surface area contributed by atoms with Crippen molar-refractivity contribution in [3.63, 3.8) is 0 Å². The summed E-state index contributed by atoms with van der Waals surface area (Å²) in [5.74, 6) is 0. The Morgan fingerprint density at radius 2 is 1.33 bits per heavy atom. The van der Waals surface area contributed by atoms with Gasteiger partial charge in [0, 0.05) is 19.5 Å². The van der Waals surface area contributed by atoms with Crippen LogP contribution in [0.2, 0.25) is 0 Å². The maximum absolute atomic E-state index is 11.9. The highest BCUT2D eigenvalue weighted by Gasteiger charge is 2.21. The van der Waals surface area contributed by atoms with E-state index in [0.717, 1.165) is 12.8 Å². The number of hydrogen-bond acceptors (Lipinski definition) is 4. The Morgan fingerprint density at radius 3 is 1.81 bits per heavy atom. The Balaban J connectivity index is 3.42. The van der Waals surface area contributed by atoms with Gasteiger partial charge in [-0.15, -0.1) is 0 Å². The molecule has 0 saturated carbocycles. The minimum atomic E-state index is -2.85. The number of rotatable bonds is 15. The maximum atomic E-state index is 11.9. The van der Waals surface area contributed by atoms with Gasteiger partial charge in [0.25, 0.3) is 0 Å². The molecule has 0 fully saturated rings. The molecule has 21 heavy (non-hydrogen) atoms. The lowest BCUT2D eigenvalue weighted by atomic mass is 10.1. The smallest absolute Gasteiger partial charge is 0.312 e. The third-order valence-electron chi connectivity index (χ3n) is 3.93. The molecule has 0 aromatic heterocycles. The van der Waals surface area contributed by atoms with E-state index in [-0.39, 0.29) is 0 Å². The van der Waals surface area contributed by atoms with Gasteiger partial charge in [0.05, 0.1) is 6.16 Å². The quantitative estimate of drug-likeness (QED) is 0.223. The van der Waals surface area contributed by atoms with Crippen LogP contribution in [0.15, 0.2) is 0 Å². The molecule has 0 N–H and O–H groups in total. The summed E-state index contributed by atoms with van der Waals surface area (Å²) in [5.41, 5.74) is 0. The van der Waals surface area contributed by atoms with E-state index in [2.05, 4.69) is 19.6 Å². The summed E-state index contributed by atoms with van der Waals surface area (Å²) in [6, 6.07) is 0. The van der Waals surface area contributed by atoms with Gasteiger partial charge in [-0.25, -0.2) is 0 Å². The first-order valence-electron chi connectivity index (χ1n) is 8.46. The second-order valence-corrected chi connectivity index (χ2v) is 8.89. The van der Waals surface area contributed by atoms with Crippen LogP contribution in [0, 0.1) is 0 Å². The average molecular weight is 338 g/mol. The molecule has 0 aromatic carbocycles. The fourth-order valence-corrected chi connectivity index (χ4v) is 4.06. The molecule has 0 aliphatic carbocycles. The summed E-state index contributed by atoms with van der Waals surface area (Å²) in [6.45, 7) is 2.26. The van der Waals surface area contributed by atoms with Gasteiger partial charge in [-0.2, -0.15) is 12.6 Å². The summed E-state index contributed by atoms with van der Waals surface area (Å²) in [5, 5.41) is 0.299. The van der Waals surface area contributed by atoms with Gasteiger partial charge in [0.1, 0.15) is 0 Å². The molecule has 0 radical (unpaired) electrons. The van der Waals surface area contributed by atoms with E-state index in [9.17, 15) is 4.57 Å². The Bertz CT molecular complexity index is 266. The second-order valence-electron chi connectivity index (χ2n) is 5.76. The molecular formula is C16H35O3PS. The minimum absolute atomic E-state index is 0.299. The van der Waals surface area contributed by atoms with Crippen LogP contribution in [0.3, 0.4) is 0 Å². The van der Waals surface area contributed by atoms with Gasteiger partial charge in [-0.1, -0.05) is 64.7 Å². The third kappa shape index (κ3) is 12.7. The predicted octanol–water partition coefficient (Wildman–Crippen LogP) is 6.08. The standard InChI is InChI=1S/C16H35O3PS/c1-4-5-6-7-8-9-10-11-12-13-16(21)14-15-20(17,18-2)19-3/h16,21H,4-15H2,1-3H3. The van der Waals surface area contributed by atoms with E-state index in [1.165, 1.54) is 72.0 Å². The van der Waals surface area contributed by atoms with Crippen LogP contribution < -0.4 is 0 Å². The molecular weight excluding hydrogens is 303 g/mol. The van der Waals surface area contributed by atoms with Gasteiger partial charge in [-0.3, -0.25) is 4.57 Å².